The molecule has 4 aliphatic rings. The molecule has 0 bridgehead atoms. The van der Waals surface area contributed by atoms with Crippen LogP contribution < -0.4 is 5.32 Å². The van der Waals surface area contributed by atoms with Crippen molar-refractivity contribution in [2.45, 2.75) is 138 Å². The van der Waals surface area contributed by atoms with Crippen LogP contribution in [-0.4, -0.2) is 30.3 Å². The van der Waals surface area contributed by atoms with Crippen molar-refractivity contribution in [1.82, 2.24) is 5.32 Å². The number of hydrogen-bond donors (Lipinski definition) is 1. The molecule has 5 nitrogen and oxygen atoms in total. The SMILES string of the molecule is CC(C)CCC[C@@H](C)[C@H]1CCC2C3CC=C4C[C@@H](OC(=O)CNC(=O)OC(C)(C)C)CC[C@]4(C)C3CC[C@@]21C. The van der Waals surface area contributed by atoms with Crippen LogP contribution in [0.4, 0.5) is 4.79 Å². The van der Waals surface area contributed by atoms with Crippen LogP contribution in [0.25, 0.3) is 0 Å². The molecule has 3 saturated carbocycles. The molecule has 39 heavy (non-hydrogen) atoms. The van der Waals surface area contributed by atoms with Crippen LogP contribution in [-0.2, 0) is 14.3 Å². The molecule has 1 N–H and O–H groups in total. The molecule has 8 atom stereocenters. The Bertz CT molecular complexity index is 919. The van der Waals surface area contributed by atoms with Crippen LogP contribution in [0.5, 0.6) is 0 Å². The number of allylic oxidation sites excluding steroid dienone is 1. The van der Waals surface area contributed by atoms with E-state index >= 15 is 0 Å². The van der Waals surface area contributed by atoms with E-state index in [0.717, 1.165) is 54.8 Å². The van der Waals surface area contributed by atoms with Gasteiger partial charge in [0.05, 0.1) is 0 Å². The number of carbonyl (C=O) groups excluding carboxylic acids is 2. The zero-order chi connectivity index (χ0) is 28.6. The highest BCUT2D eigenvalue weighted by atomic mass is 16.6. The van der Waals surface area contributed by atoms with Gasteiger partial charge in [-0.15, -0.1) is 0 Å². The van der Waals surface area contributed by atoms with E-state index < -0.39 is 11.7 Å². The molecule has 222 valence electrons. The second-order valence-corrected chi connectivity index (χ2v) is 15.5. The van der Waals surface area contributed by atoms with Gasteiger partial charge in [-0.05, 0) is 112 Å². The lowest BCUT2D eigenvalue weighted by molar-refractivity contribution is -0.150. The Balaban J connectivity index is 1.34. The van der Waals surface area contributed by atoms with Crippen molar-refractivity contribution in [2.24, 2.45) is 46.3 Å². The first-order valence-electron chi connectivity index (χ1n) is 16.1. The highest BCUT2D eigenvalue weighted by Crippen LogP contribution is 2.67. The molecule has 0 spiro atoms. The molecule has 1 amide bonds. The number of esters is 1. The molecule has 0 saturated heterocycles. The Kier molecular flexibility index (Phi) is 9.18. The van der Waals surface area contributed by atoms with Gasteiger partial charge in [-0.2, -0.15) is 0 Å². The van der Waals surface area contributed by atoms with Gasteiger partial charge in [0.2, 0.25) is 0 Å². The van der Waals surface area contributed by atoms with Crippen LogP contribution in [0.15, 0.2) is 11.6 Å². The number of alkyl carbamates (subject to hydrolysis) is 1. The fraction of sp³-hybridized carbons (Fsp3) is 0.882. The smallest absolute Gasteiger partial charge is 0.408 e. The monoisotopic (exact) mass is 543 g/mol. The van der Waals surface area contributed by atoms with Crippen molar-refractivity contribution in [3.63, 3.8) is 0 Å². The first kappa shape index (κ1) is 30.4. The van der Waals surface area contributed by atoms with Gasteiger partial charge in [0.25, 0.3) is 0 Å². The van der Waals surface area contributed by atoms with E-state index in [4.69, 9.17) is 9.47 Å². The summed E-state index contributed by atoms with van der Waals surface area (Å²) in [4.78, 5) is 24.4. The second-order valence-electron chi connectivity index (χ2n) is 15.5. The number of hydrogen-bond acceptors (Lipinski definition) is 4. The highest BCUT2D eigenvalue weighted by molar-refractivity contribution is 5.78. The van der Waals surface area contributed by atoms with Crippen molar-refractivity contribution in [1.29, 1.82) is 0 Å². The minimum Gasteiger partial charge on any atom is -0.461 e. The van der Waals surface area contributed by atoms with E-state index in [1.807, 2.05) is 0 Å². The van der Waals surface area contributed by atoms with E-state index in [0.29, 0.717) is 5.41 Å². The number of carbonyl (C=O) groups is 2. The average molecular weight is 544 g/mol. The standard InChI is InChI=1S/C34H57NO4/c1-22(2)10-9-11-23(3)27-14-15-28-26-13-12-24-20-25(38-30(36)21-35-31(37)39-32(4,5)6)16-18-33(24,7)29(26)17-19-34(27,28)8/h12,22-23,25-29H,9-11,13-21H2,1-8H3,(H,35,37)/t23-,25+,26?,27-,28?,29?,33+,34-/m1/s1. The van der Waals surface area contributed by atoms with Crippen molar-refractivity contribution in [2.75, 3.05) is 6.54 Å². The maximum atomic E-state index is 12.5. The lowest BCUT2D eigenvalue weighted by atomic mass is 9.47. The number of amides is 1. The molecule has 0 aromatic rings. The molecule has 5 heteroatoms. The first-order chi connectivity index (χ1) is 18.2. The van der Waals surface area contributed by atoms with Crippen LogP contribution in [0.2, 0.25) is 0 Å². The Morgan fingerprint density at radius 1 is 1.03 bits per heavy atom. The zero-order valence-electron chi connectivity index (χ0n) is 26.2. The van der Waals surface area contributed by atoms with E-state index in [2.05, 4.69) is 46.0 Å². The van der Waals surface area contributed by atoms with Crippen LogP contribution in [0.1, 0.15) is 126 Å². The van der Waals surface area contributed by atoms with E-state index in [-0.39, 0.29) is 24.0 Å². The summed E-state index contributed by atoms with van der Waals surface area (Å²) in [5, 5.41) is 2.53. The Hall–Kier alpha value is -1.52. The lowest BCUT2D eigenvalue weighted by Gasteiger charge is -2.58. The number of nitrogens with one attached hydrogen (secondary N) is 1. The molecule has 3 unspecified atom stereocenters. The molecule has 0 aromatic carbocycles. The molecular weight excluding hydrogens is 486 g/mol. The number of ether oxygens (including phenoxy) is 2. The first-order valence-corrected chi connectivity index (χ1v) is 16.1. The molecule has 0 aliphatic heterocycles. The van der Waals surface area contributed by atoms with Gasteiger partial charge in [-0.1, -0.05) is 65.5 Å². The highest BCUT2D eigenvalue weighted by Gasteiger charge is 2.59. The maximum Gasteiger partial charge on any atom is 0.408 e. The van der Waals surface area contributed by atoms with Gasteiger partial charge in [-0.25, -0.2) is 4.79 Å². The summed E-state index contributed by atoms with van der Waals surface area (Å²) in [6.07, 6.45) is 15.6. The fourth-order valence-corrected chi connectivity index (χ4v) is 9.44. The second kappa shape index (κ2) is 11.8. The molecule has 4 aliphatic carbocycles. The van der Waals surface area contributed by atoms with Gasteiger partial charge >= 0.3 is 12.1 Å². The Morgan fingerprint density at radius 3 is 2.46 bits per heavy atom. The van der Waals surface area contributed by atoms with Crippen molar-refractivity contribution in [3.8, 4) is 0 Å². The van der Waals surface area contributed by atoms with Gasteiger partial charge in [-0.3, -0.25) is 4.79 Å². The molecular formula is C34H57NO4. The van der Waals surface area contributed by atoms with Gasteiger partial charge < -0.3 is 14.8 Å². The minimum absolute atomic E-state index is 0.0924. The van der Waals surface area contributed by atoms with Crippen LogP contribution >= 0.6 is 0 Å². The van der Waals surface area contributed by atoms with E-state index in [9.17, 15) is 9.59 Å². The van der Waals surface area contributed by atoms with Gasteiger partial charge in [0, 0.05) is 6.42 Å². The predicted octanol–water partition coefficient (Wildman–Crippen LogP) is 8.46. The fourth-order valence-electron chi connectivity index (χ4n) is 9.44. The van der Waals surface area contributed by atoms with Gasteiger partial charge in [0.15, 0.2) is 0 Å². The maximum absolute atomic E-state index is 12.5. The quantitative estimate of drug-likeness (QED) is 0.246. The van der Waals surface area contributed by atoms with E-state index in [1.54, 1.807) is 20.8 Å². The third-order valence-electron chi connectivity index (χ3n) is 11.3. The van der Waals surface area contributed by atoms with Crippen molar-refractivity contribution < 1.29 is 19.1 Å². The topological polar surface area (TPSA) is 64.6 Å². The normalized spacial score (nSPS) is 36.7. The molecule has 4 rings (SSSR count). The van der Waals surface area contributed by atoms with Crippen LogP contribution in [0, 0.1) is 46.3 Å². The summed E-state index contributed by atoms with van der Waals surface area (Å²) in [6.45, 7) is 17.7. The summed E-state index contributed by atoms with van der Waals surface area (Å²) >= 11 is 0. The average Bonchev–Trinajstić information content (AvgIpc) is 3.19. The van der Waals surface area contributed by atoms with Crippen molar-refractivity contribution >= 4 is 12.1 Å². The Labute approximate surface area is 238 Å². The molecule has 0 radical (unpaired) electrons. The third-order valence-corrected chi connectivity index (χ3v) is 11.3. The van der Waals surface area contributed by atoms with E-state index in [1.165, 1.54) is 56.9 Å². The third kappa shape index (κ3) is 6.70. The lowest BCUT2D eigenvalue weighted by Crippen LogP contribution is -2.51. The van der Waals surface area contributed by atoms with Gasteiger partial charge in [0.1, 0.15) is 18.2 Å². The summed E-state index contributed by atoms with van der Waals surface area (Å²) in [5.41, 5.74) is 1.68. The largest absolute Gasteiger partial charge is 0.461 e. The Morgan fingerprint density at radius 2 is 1.77 bits per heavy atom. The van der Waals surface area contributed by atoms with Crippen molar-refractivity contribution in [3.05, 3.63) is 11.6 Å². The predicted molar refractivity (Wildman–Crippen MR) is 157 cm³/mol. The zero-order valence-corrected chi connectivity index (χ0v) is 26.2. The summed E-state index contributed by atoms with van der Waals surface area (Å²) in [5.74, 6) is 4.60. The minimum atomic E-state index is -0.588. The number of fused-ring (bicyclic) bond motifs is 5. The summed E-state index contributed by atoms with van der Waals surface area (Å²) in [7, 11) is 0. The summed E-state index contributed by atoms with van der Waals surface area (Å²) in [6, 6.07) is 0. The molecule has 0 aromatic heterocycles. The molecule has 3 fully saturated rings. The summed E-state index contributed by atoms with van der Waals surface area (Å²) < 4.78 is 11.1. The molecule has 0 heterocycles. The van der Waals surface area contributed by atoms with Crippen LogP contribution in [0.3, 0.4) is 0 Å². The number of rotatable bonds is 8.